The van der Waals surface area contributed by atoms with Crippen LogP contribution in [0.3, 0.4) is 0 Å². The van der Waals surface area contributed by atoms with Crippen molar-refractivity contribution in [3.05, 3.63) is 89.9 Å². The number of imidazole rings is 1. The van der Waals surface area contributed by atoms with Crippen LogP contribution >= 0.6 is 0 Å². The van der Waals surface area contributed by atoms with E-state index in [0.29, 0.717) is 12.4 Å². The Kier molecular flexibility index (Phi) is 20.0. The molecule has 340 valence electrons. The van der Waals surface area contributed by atoms with E-state index in [0.717, 1.165) is 45.7 Å². The summed E-state index contributed by atoms with van der Waals surface area (Å²) in [6, 6.07) is 9.47. The number of imide groups is 1. The number of halogens is 5. The quantitative estimate of drug-likeness (QED) is 0.0715. The lowest BCUT2D eigenvalue weighted by Gasteiger charge is -2.33. The van der Waals surface area contributed by atoms with Gasteiger partial charge in [-0.3, -0.25) is 24.1 Å². The number of hydrogen-bond donors (Lipinski definition) is 7. The number of carbonyl (C=O) groups excluding carboxylic acids is 4. The van der Waals surface area contributed by atoms with Gasteiger partial charge in [-0.1, -0.05) is 51.1 Å². The molecule has 0 bridgehead atoms. The Labute approximate surface area is 352 Å². The number of aromatic nitrogens is 2. The van der Waals surface area contributed by atoms with E-state index in [1.54, 1.807) is 6.20 Å². The van der Waals surface area contributed by atoms with Crippen molar-refractivity contribution in [3.63, 3.8) is 0 Å². The minimum absolute atomic E-state index is 0.000799. The second-order valence-electron chi connectivity index (χ2n) is 14.7. The van der Waals surface area contributed by atoms with Crippen LogP contribution in [0.25, 0.3) is 11.3 Å². The van der Waals surface area contributed by atoms with Gasteiger partial charge in [-0.25, -0.2) is 23.4 Å². The van der Waals surface area contributed by atoms with E-state index >= 15 is 0 Å². The van der Waals surface area contributed by atoms with Crippen molar-refractivity contribution >= 4 is 35.6 Å². The molecule has 17 nitrogen and oxygen atoms in total. The van der Waals surface area contributed by atoms with Crippen LogP contribution in [0.1, 0.15) is 57.5 Å². The van der Waals surface area contributed by atoms with Gasteiger partial charge in [0, 0.05) is 50.0 Å². The molecule has 0 saturated heterocycles. The monoisotopic (exact) mass is 883 g/mol. The van der Waals surface area contributed by atoms with Crippen molar-refractivity contribution in [2.45, 2.75) is 70.9 Å². The lowest BCUT2D eigenvalue weighted by molar-refractivity contribution is -0.192. The molecule has 22 heteroatoms. The predicted molar refractivity (Wildman–Crippen MR) is 211 cm³/mol. The van der Waals surface area contributed by atoms with Gasteiger partial charge in [0.2, 0.25) is 11.8 Å². The molecule has 1 aliphatic rings. The SMILES string of the molecule is CC(C)(C)[C@@H](NCC[C@H](N)C(=O)N(CCN1C(=O)C=CC1=O)[C@@H](CCC(N)=O)C(=O)O)c1nc(-c2cc(F)ccc2F)cn1Cc1ccccc1.O=C(O)C(F)(F)F.OCCO. The Bertz CT molecular complexity index is 2020. The van der Waals surface area contributed by atoms with E-state index in [9.17, 15) is 51.0 Å². The fraction of sp³-hybridized carbons (Fsp3) is 0.425. The molecule has 0 radical (unpaired) electrons. The molecule has 0 fully saturated rings. The lowest BCUT2D eigenvalue weighted by atomic mass is 9.86. The summed E-state index contributed by atoms with van der Waals surface area (Å²) in [4.78, 5) is 77.2. The number of carboxylic acid groups (broad SMARTS) is 2. The molecule has 3 atom stereocenters. The van der Waals surface area contributed by atoms with Gasteiger partial charge in [0.15, 0.2) is 0 Å². The molecule has 62 heavy (non-hydrogen) atoms. The molecule has 3 aromatic rings. The molecule has 1 aromatic heterocycles. The molecule has 0 saturated carbocycles. The third kappa shape index (κ3) is 16.1. The third-order valence-electron chi connectivity index (χ3n) is 8.87. The standard InChI is InChI=1S/C36H43F2N7O6.C2HF3O2.C2H6O2/c1-36(2,3)32(33-42-27(24-19-23(37)9-10-25(24)38)21-43(33)20-22-7-5-4-6-8-22)41-16-15-26(39)34(49)44(28(35(50)51)11-12-29(40)46)17-18-45-30(47)13-14-31(45)48;3-2(4,5)1(6)7;3-1-2-4/h4-10,13-14,19,21,26,28,32,41H,11-12,15-18,20,39H2,1-3H3,(H2,40,46)(H,50,51);(H,6,7);3-4H,1-2H2/t26-,28-,32-;;/m0../s1. The number of nitrogens with two attached hydrogens (primary N) is 2. The Hall–Kier alpha value is -6.10. The summed E-state index contributed by atoms with van der Waals surface area (Å²) in [5.74, 6) is -7.62. The predicted octanol–water partition coefficient (Wildman–Crippen LogP) is 2.35. The van der Waals surface area contributed by atoms with Gasteiger partial charge in [0.25, 0.3) is 11.8 Å². The van der Waals surface area contributed by atoms with Crippen LogP contribution in [0.2, 0.25) is 0 Å². The molecule has 0 aliphatic carbocycles. The zero-order chi connectivity index (χ0) is 46.9. The summed E-state index contributed by atoms with van der Waals surface area (Å²) in [7, 11) is 0. The molecule has 4 amide bonds. The van der Waals surface area contributed by atoms with Crippen LogP contribution in [-0.4, -0.2) is 126 Å². The smallest absolute Gasteiger partial charge is 0.480 e. The number of rotatable bonds is 18. The second kappa shape index (κ2) is 23.8. The topological polar surface area (TPSA) is 272 Å². The summed E-state index contributed by atoms with van der Waals surface area (Å²) in [6.07, 6.45) is -1.88. The number of primary amides is 1. The maximum Gasteiger partial charge on any atom is 0.490 e. The number of amides is 4. The maximum absolute atomic E-state index is 14.9. The van der Waals surface area contributed by atoms with E-state index in [1.807, 2.05) is 55.7 Å². The molecule has 4 rings (SSSR count). The van der Waals surface area contributed by atoms with E-state index < -0.39 is 76.9 Å². The Balaban J connectivity index is 0.00000106. The van der Waals surface area contributed by atoms with Crippen LogP contribution in [0, 0.1) is 17.0 Å². The van der Waals surface area contributed by atoms with Crippen LogP contribution in [0.15, 0.2) is 66.9 Å². The average molecular weight is 884 g/mol. The molecule has 1 aliphatic heterocycles. The lowest BCUT2D eigenvalue weighted by Crippen LogP contribution is -2.54. The van der Waals surface area contributed by atoms with Crippen molar-refractivity contribution in [2.75, 3.05) is 32.8 Å². The average Bonchev–Trinajstić information content (AvgIpc) is 3.75. The summed E-state index contributed by atoms with van der Waals surface area (Å²) in [5, 5.41) is 35.8. The van der Waals surface area contributed by atoms with E-state index in [-0.39, 0.29) is 63.4 Å². The van der Waals surface area contributed by atoms with Crippen molar-refractivity contribution < 1.29 is 71.1 Å². The molecule has 2 heterocycles. The zero-order valence-corrected chi connectivity index (χ0v) is 34.0. The largest absolute Gasteiger partial charge is 0.490 e. The Morgan fingerprint density at radius 3 is 2.00 bits per heavy atom. The number of hydrogen-bond acceptors (Lipinski definition) is 11. The number of nitrogens with one attached hydrogen (secondary N) is 1. The van der Waals surface area contributed by atoms with Crippen molar-refractivity contribution in [3.8, 4) is 11.3 Å². The van der Waals surface area contributed by atoms with Crippen LogP contribution in [-0.2, 0) is 35.3 Å². The van der Waals surface area contributed by atoms with Gasteiger partial charge >= 0.3 is 18.1 Å². The van der Waals surface area contributed by atoms with Crippen LogP contribution < -0.4 is 16.8 Å². The van der Waals surface area contributed by atoms with E-state index in [1.165, 1.54) is 0 Å². The van der Waals surface area contributed by atoms with Crippen molar-refractivity contribution in [1.82, 2.24) is 24.7 Å². The summed E-state index contributed by atoms with van der Waals surface area (Å²) < 4.78 is 62.7. The number of nitrogens with zero attached hydrogens (tertiary/aromatic N) is 4. The number of aliphatic hydroxyl groups is 2. The number of aliphatic hydroxyl groups excluding tert-OH is 2. The molecule has 2 aromatic carbocycles. The molecule has 0 spiro atoms. The molecular formula is C40H50F5N7O10. The van der Waals surface area contributed by atoms with Gasteiger partial charge in [0.05, 0.1) is 31.0 Å². The van der Waals surface area contributed by atoms with Gasteiger partial charge in [0.1, 0.15) is 23.5 Å². The Morgan fingerprint density at radius 2 is 1.50 bits per heavy atom. The molecule has 0 unspecified atom stereocenters. The minimum Gasteiger partial charge on any atom is -0.480 e. The first-order chi connectivity index (χ1) is 28.9. The van der Waals surface area contributed by atoms with Gasteiger partial charge in [-0.2, -0.15) is 13.2 Å². The third-order valence-corrected chi connectivity index (χ3v) is 8.87. The summed E-state index contributed by atoms with van der Waals surface area (Å²) in [6.45, 7) is 5.55. The normalized spacial score (nSPS) is 14.0. The first-order valence-corrected chi connectivity index (χ1v) is 18.8. The Morgan fingerprint density at radius 1 is 0.919 bits per heavy atom. The van der Waals surface area contributed by atoms with Crippen LogP contribution in [0.5, 0.6) is 0 Å². The van der Waals surface area contributed by atoms with Gasteiger partial charge < -0.3 is 46.7 Å². The maximum atomic E-state index is 14.9. The number of aliphatic carboxylic acids is 2. The fourth-order valence-electron chi connectivity index (χ4n) is 5.87. The second-order valence-corrected chi connectivity index (χ2v) is 14.7. The summed E-state index contributed by atoms with van der Waals surface area (Å²) >= 11 is 0. The number of carboxylic acids is 2. The van der Waals surface area contributed by atoms with E-state index in [2.05, 4.69) is 5.32 Å². The molecule has 9 N–H and O–H groups in total. The van der Waals surface area contributed by atoms with Crippen molar-refractivity contribution in [2.24, 2.45) is 16.9 Å². The van der Waals surface area contributed by atoms with Crippen molar-refractivity contribution in [1.29, 1.82) is 0 Å². The first kappa shape index (κ1) is 52.0. The molecular weight excluding hydrogens is 833 g/mol. The number of carbonyl (C=O) groups is 6. The fourth-order valence-corrected chi connectivity index (χ4v) is 5.87. The highest BCUT2D eigenvalue weighted by Gasteiger charge is 2.38. The first-order valence-electron chi connectivity index (χ1n) is 18.8. The highest BCUT2D eigenvalue weighted by atomic mass is 19.4. The minimum atomic E-state index is -5.08. The number of benzene rings is 2. The van der Waals surface area contributed by atoms with Gasteiger partial charge in [-0.05, 0) is 48.6 Å². The van der Waals surface area contributed by atoms with Gasteiger partial charge in [-0.15, -0.1) is 0 Å². The summed E-state index contributed by atoms with van der Waals surface area (Å²) in [5.41, 5.74) is 12.3. The highest BCUT2D eigenvalue weighted by Crippen LogP contribution is 2.35. The highest BCUT2D eigenvalue weighted by molar-refractivity contribution is 6.12. The zero-order valence-electron chi connectivity index (χ0n) is 34.0. The van der Waals surface area contributed by atoms with E-state index in [4.69, 9.17) is 36.6 Å². The van der Waals surface area contributed by atoms with Crippen LogP contribution in [0.4, 0.5) is 22.0 Å². The number of alkyl halides is 3.